The Morgan fingerprint density at radius 1 is 1.09 bits per heavy atom. The molecule has 0 bridgehead atoms. The number of aliphatic hydroxyl groups excluding tert-OH is 1. The van der Waals surface area contributed by atoms with E-state index < -0.39 is 0 Å². The van der Waals surface area contributed by atoms with Crippen molar-refractivity contribution in [3.63, 3.8) is 0 Å². The number of fused-ring (bicyclic) bond motifs is 1. The van der Waals surface area contributed by atoms with Crippen LogP contribution in [0.5, 0.6) is 0 Å². The van der Waals surface area contributed by atoms with Gasteiger partial charge in [-0.15, -0.1) is 12.6 Å². The van der Waals surface area contributed by atoms with Gasteiger partial charge in [-0.3, -0.25) is 4.99 Å². The fourth-order valence-corrected chi connectivity index (χ4v) is 6.49. The van der Waals surface area contributed by atoms with Crippen molar-refractivity contribution < 1.29 is 5.11 Å². The fourth-order valence-electron chi connectivity index (χ4n) is 6.25. The predicted octanol–water partition coefficient (Wildman–Crippen LogP) is 6.49. The van der Waals surface area contributed by atoms with E-state index in [0.717, 1.165) is 35.6 Å². The molecule has 1 aliphatic carbocycles. The first-order valence-electron chi connectivity index (χ1n) is 12.3. The molecule has 4 rings (SSSR count). The van der Waals surface area contributed by atoms with E-state index in [0.29, 0.717) is 18.4 Å². The summed E-state index contributed by atoms with van der Waals surface area (Å²) in [5, 5.41) is 9.70. The van der Waals surface area contributed by atoms with Crippen molar-refractivity contribution in [1.29, 1.82) is 0 Å². The zero-order valence-electron chi connectivity index (χ0n) is 21.7. The summed E-state index contributed by atoms with van der Waals surface area (Å²) in [6.45, 7) is 16.9. The molecule has 33 heavy (non-hydrogen) atoms. The summed E-state index contributed by atoms with van der Waals surface area (Å²) in [5.74, 6) is 0.985. The minimum atomic E-state index is 0.0408. The molecule has 5 heteroatoms. The second kappa shape index (κ2) is 8.49. The van der Waals surface area contributed by atoms with Crippen LogP contribution in [0.1, 0.15) is 79.2 Å². The summed E-state index contributed by atoms with van der Waals surface area (Å²) < 4.78 is 0. The maximum atomic E-state index is 9.70. The molecule has 0 fully saturated rings. The van der Waals surface area contributed by atoms with Crippen LogP contribution in [0.15, 0.2) is 44.9 Å². The largest absolute Gasteiger partial charge is 0.395 e. The molecular formula is C28H41N3OS. The van der Waals surface area contributed by atoms with Crippen LogP contribution in [0.25, 0.3) is 0 Å². The highest BCUT2D eigenvalue weighted by Gasteiger charge is 2.39. The molecule has 2 atom stereocenters. The summed E-state index contributed by atoms with van der Waals surface area (Å²) in [6.07, 6.45) is 5.37. The van der Waals surface area contributed by atoms with Crippen molar-refractivity contribution in [2.75, 3.05) is 25.1 Å². The van der Waals surface area contributed by atoms with E-state index in [1.54, 1.807) is 0 Å². The first-order chi connectivity index (χ1) is 15.4. The highest BCUT2D eigenvalue weighted by atomic mass is 32.1. The van der Waals surface area contributed by atoms with Crippen molar-refractivity contribution in [2.45, 2.75) is 89.6 Å². The third-order valence-electron chi connectivity index (χ3n) is 8.23. The lowest BCUT2D eigenvalue weighted by Gasteiger charge is -2.49. The number of aliphatic imine (C=N–C) groups is 1. The second-order valence-corrected chi connectivity index (χ2v) is 12.1. The summed E-state index contributed by atoms with van der Waals surface area (Å²) in [6, 6.07) is 4.47. The Labute approximate surface area is 205 Å². The number of benzene rings is 1. The Balaban J connectivity index is 1.73. The average Bonchev–Trinajstić information content (AvgIpc) is 2.71. The smallest absolute Gasteiger partial charge is 0.0770 e. The van der Waals surface area contributed by atoms with Gasteiger partial charge in [-0.1, -0.05) is 13.8 Å². The number of anilines is 1. The van der Waals surface area contributed by atoms with E-state index >= 15 is 0 Å². The van der Waals surface area contributed by atoms with Crippen molar-refractivity contribution in [3.8, 4) is 0 Å². The zero-order valence-corrected chi connectivity index (χ0v) is 22.6. The Morgan fingerprint density at radius 3 is 2.42 bits per heavy atom. The van der Waals surface area contributed by atoms with Gasteiger partial charge < -0.3 is 14.9 Å². The summed E-state index contributed by atoms with van der Waals surface area (Å²) in [4.78, 5) is 10.9. The predicted molar refractivity (Wildman–Crippen MR) is 143 cm³/mol. The second-order valence-electron chi connectivity index (χ2n) is 11.6. The van der Waals surface area contributed by atoms with Crippen LogP contribution in [0.3, 0.4) is 0 Å². The van der Waals surface area contributed by atoms with E-state index in [-0.39, 0.29) is 17.7 Å². The molecule has 2 heterocycles. The molecule has 0 amide bonds. The molecule has 0 aromatic heterocycles. The van der Waals surface area contributed by atoms with Gasteiger partial charge in [0, 0.05) is 53.1 Å². The van der Waals surface area contributed by atoms with E-state index in [1.807, 2.05) is 0 Å². The van der Waals surface area contributed by atoms with Gasteiger partial charge in [0.05, 0.1) is 12.3 Å². The quantitative estimate of drug-likeness (QED) is 0.499. The summed E-state index contributed by atoms with van der Waals surface area (Å²) in [7, 11) is 2.19. The van der Waals surface area contributed by atoms with Crippen LogP contribution in [-0.2, 0) is 0 Å². The van der Waals surface area contributed by atoms with Gasteiger partial charge in [0.1, 0.15) is 0 Å². The Kier molecular flexibility index (Phi) is 6.28. The molecule has 0 saturated carbocycles. The Hall–Kier alpha value is -1.72. The van der Waals surface area contributed by atoms with Gasteiger partial charge in [-0.2, -0.15) is 0 Å². The van der Waals surface area contributed by atoms with E-state index in [4.69, 9.17) is 17.6 Å². The number of hydrogen-bond acceptors (Lipinski definition) is 5. The number of β-amino-alcohol motifs (C(OH)–C–C–N with tert-alkyl or cyclic N) is 1. The third-order valence-corrected chi connectivity index (χ3v) is 8.58. The lowest BCUT2D eigenvalue weighted by molar-refractivity contribution is 0.0994. The molecule has 1 aromatic rings. The minimum Gasteiger partial charge on any atom is -0.395 e. The molecule has 0 radical (unpaired) electrons. The maximum Gasteiger partial charge on any atom is 0.0770 e. The topological polar surface area (TPSA) is 39.1 Å². The minimum absolute atomic E-state index is 0.0408. The molecule has 3 aliphatic rings. The molecule has 1 aromatic carbocycles. The SMILES string of the molecule is CC1=CC2=C(CC1=Nc1cc3c(cc1S)N(C)C(C)(C)CC3C)C(C)CC(C)(C)N2CCO. The number of thiol groups is 1. The fraction of sp³-hybridized carbons (Fsp3) is 0.607. The van der Waals surface area contributed by atoms with Crippen LogP contribution in [0, 0.1) is 5.92 Å². The summed E-state index contributed by atoms with van der Waals surface area (Å²) in [5.41, 5.74) is 8.87. The van der Waals surface area contributed by atoms with E-state index in [1.165, 1.54) is 28.1 Å². The molecule has 2 unspecified atom stereocenters. The highest BCUT2D eigenvalue weighted by molar-refractivity contribution is 7.80. The van der Waals surface area contributed by atoms with Crippen LogP contribution >= 0.6 is 12.6 Å². The molecule has 4 nitrogen and oxygen atoms in total. The molecule has 180 valence electrons. The van der Waals surface area contributed by atoms with Crippen LogP contribution < -0.4 is 4.90 Å². The van der Waals surface area contributed by atoms with Crippen molar-refractivity contribution in [3.05, 3.63) is 40.6 Å². The number of rotatable bonds is 3. The molecule has 1 N–H and O–H groups in total. The zero-order chi connectivity index (χ0) is 24.3. The summed E-state index contributed by atoms with van der Waals surface area (Å²) >= 11 is 4.86. The Morgan fingerprint density at radius 2 is 1.76 bits per heavy atom. The first kappa shape index (κ1) is 24.4. The monoisotopic (exact) mass is 467 g/mol. The van der Waals surface area contributed by atoms with E-state index in [2.05, 4.69) is 83.5 Å². The molecule has 2 aliphatic heterocycles. The van der Waals surface area contributed by atoms with Crippen molar-refractivity contribution >= 4 is 29.7 Å². The molecule has 0 spiro atoms. The van der Waals surface area contributed by atoms with Crippen LogP contribution in [0.4, 0.5) is 11.4 Å². The van der Waals surface area contributed by atoms with Gasteiger partial charge in [-0.25, -0.2) is 0 Å². The van der Waals surface area contributed by atoms with Gasteiger partial charge >= 0.3 is 0 Å². The lowest BCUT2D eigenvalue weighted by atomic mass is 9.75. The van der Waals surface area contributed by atoms with Crippen molar-refractivity contribution in [2.24, 2.45) is 10.9 Å². The van der Waals surface area contributed by atoms with Crippen molar-refractivity contribution in [1.82, 2.24) is 4.90 Å². The number of hydrogen-bond donors (Lipinski definition) is 2. The Bertz CT molecular complexity index is 1050. The number of allylic oxidation sites excluding steroid dienone is 3. The van der Waals surface area contributed by atoms with Crippen LogP contribution in [-0.4, -0.2) is 47.0 Å². The normalized spacial score (nSPS) is 27.5. The number of nitrogens with zero attached hydrogens (tertiary/aromatic N) is 3. The first-order valence-corrected chi connectivity index (χ1v) is 12.8. The maximum absolute atomic E-state index is 9.70. The third kappa shape index (κ3) is 4.27. The van der Waals surface area contributed by atoms with Gasteiger partial charge in [0.25, 0.3) is 0 Å². The van der Waals surface area contributed by atoms with Gasteiger partial charge in [0.15, 0.2) is 0 Å². The number of aliphatic hydroxyl groups is 1. The van der Waals surface area contributed by atoms with Gasteiger partial charge in [-0.05, 0) is 94.2 Å². The molecular weight excluding hydrogens is 426 g/mol. The standard InChI is InChI=1S/C28H41N3OS/c1-17-11-25-21(19(3)16-28(6,7)31(25)9-10-32)12-22(17)29-23-13-20-18(2)15-27(4,5)30(8)24(20)14-26(23)33/h11,13-14,18-19,32-33H,9-10,12,15-16H2,1-8H3. The lowest BCUT2D eigenvalue weighted by Crippen LogP contribution is -2.50. The van der Waals surface area contributed by atoms with Crippen LogP contribution in [0.2, 0.25) is 0 Å². The van der Waals surface area contributed by atoms with E-state index in [9.17, 15) is 5.11 Å². The molecule has 0 saturated heterocycles. The average molecular weight is 468 g/mol. The highest BCUT2D eigenvalue weighted by Crippen LogP contribution is 2.47. The van der Waals surface area contributed by atoms with Gasteiger partial charge in [0.2, 0.25) is 0 Å².